The van der Waals surface area contributed by atoms with Crippen LogP contribution in [-0.2, 0) is 14.8 Å². The van der Waals surface area contributed by atoms with Crippen molar-refractivity contribution in [3.63, 3.8) is 0 Å². The standard InChI is InChI=1S/C21H21FN2O4S2/c1-14-6-7-16(13-19(14)22)23-21(25)15(2)28-18-10-8-17(9-11-18)24(3)30(26,27)20-5-4-12-29-20/h4-13,15H,1-3H3,(H,23,25). The van der Waals surface area contributed by atoms with Crippen LogP contribution in [0.25, 0.3) is 0 Å². The molecule has 0 bridgehead atoms. The van der Waals surface area contributed by atoms with Gasteiger partial charge in [-0.15, -0.1) is 11.3 Å². The summed E-state index contributed by atoms with van der Waals surface area (Å²) in [6.07, 6.45) is -0.840. The molecule has 0 fully saturated rings. The van der Waals surface area contributed by atoms with Gasteiger partial charge in [0.1, 0.15) is 15.8 Å². The Morgan fingerprint density at radius 3 is 2.47 bits per heavy atom. The lowest BCUT2D eigenvalue weighted by Crippen LogP contribution is -2.30. The molecule has 0 saturated carbocycles. The van der Waals surface area contributed by atoms with Gasteiger partial charge < -0.3 is 10.1 Å². The monoisotopic (exact) mass is 448 g/mol. The Balaban J connectivity index is 1.64. The SMILES string of the molecule is Cc1ccc(NC(=O)C(C)Oc2ccc(N(C)S(=O)(=O)c3cccs3)cc2)cc1F. The molecule has 1 heterocycles. The van der Waals surface area contributed by atoms with E-state index in [9.17, 15) is 17.6 Å². The first-order chi connectivity index (χ1) is 14.2. The fourth-order valence-corrected chi connectivity index (χ4v) is 4.95. The topological polar surface area (TPSA) is 75.7 Å². The van der Waals surface area contributed by atoms with Crippen molar-refractivity contribution in [2.75, 3.05) is 16.7 Å². The number of benzene rings is 2. The maximum absolute atomic E-state index is 13.6. The summed E-state index contributed by atoms with van der Waals surface area (Å²) < 4.78 is 45.9. The molecular formula is C21H21FN2O4S2. The molecule has 0 aliphatic rings. The highest BCUT2D eigenvalue weighted by Gasteiger charge is 2.22. The van der Waals surface area contributed by atoms with Crippen molar-refractivity contribution in [2.45, 2.75) is 24.2 Å². The molecule has 3 rings (SSSR count). The average molecular weight is 449 g/mol. The van der Waals surface area contributed by atoms with Crippen LogP contribution in [0, 0.1) is 12.7 Å². The number of nitrogens with one attached hydrogen (secondary N) is 1. The Morgan fingerprint density at radius 2 is 1.87 bits per heavy atom. The molecule has 3 aromatic rings. The number of aryl methyl sites for hydroxylation is 1. The van der Waals surface area contributed by atoms with E-state index < -0.39 is 27.9 Å². The van der Waals surface area contributed by atoms with Gasteiger partial charge >= 0.3 is 0 Å². The third kappa shape index (κ3) is 4.80. The minimum Gasteiger partial charge on any atom is -0.481 e. The van der Waals surface area contributed by atoms with E-state index in [2.05, 4.69) is 5.32 Å². The van der Waals surface area contributed by atoms with Gasteiger partial charge in [0, 0.05) is 12.7 Å². The maximum atomic E-state index is 13.6. The molecule has 6 nitrogen and oxygen atoms in total. The molecule has 158 valence electrons. The van der Waals surface area contributed by atoms with E-state index in [1.54, 1.807) is 67.8 Å². The van der Waals surface area contributed by atoms with Gasteiger partial charge in [-0.3, -0.25) is 9.10 Å². The number of anilines is 2. The summed E-state index contributed by atoms with van der Waals surface area (Å²) >= 11 is 1.15. The fraction of sp³-hybridized carbons (Fsp3) is 0.190. The predicted molar refractivity (Wildman–Crippen MR) is 116 cm³/mol. The number of carbonyl (C=O) groups is 1. The Kier molecular flexibility index (Phi) is 6.42. The van der Waals surface area contributed by atoms with Crippen molar-refractivity contribution in [1.82, 2.24) is 0 Å². The zero-order valence-electron chi connectivity index (χ0n) is 16.6. The average Bonchev–Trinajstić information content (AvgIpc) is 3.26. The molecule has 1 atom stereocenters. The summed E-state index contributed by atoms with van der Waals surface area (Å²) in [7, 11) is -2.15. The molecule has 1 aromatic heterocycles. The van der Waals surface area contributed by atoms with Gasteiger partial charge in [-0.25, -0.2) is 12.8 Å². The van der Waals surface area contributed by atoms with Gasteiger partial charge in [0.2, 0.25) is 0 Å². The van der Waals surface area contributed by atoms with Crippen LogP contribution in [0.2, 0.25) is 0 Å². The number of hydrogen-bond donors (Lipinski definition) is 1. The molecule has 9 heteroatoms. The van der Waals surface area contributed by atoms with Crippen molar-refractivity contribution in [2.24, 2.45) is 0 Å². The highest BCUT2D eigenvalue weighted by atomic mass is 32.2. The van der Waals surface area contributed by atoms with E-state index in [4.69, 9.17) is 4.74 Å². The smallest absolute Gasteiger partial charge is 0.273 e. The quantitative estimate of drug-likeness (QED) is 0.580. The van der Waals surface area contributed by atoms with E-state index in [0.717, 1.165) is 11.3 Å². The minimum atomic E-state index is -3.62. The second-order valence-electron chi connectivity index (χ2n) is 6.61. The van der Waals surface area contributed by atoms with Gasteiger partial charge in [0.15, 0.2) is 6.10 Å². The normalized spacial score (nSPS) is 12.3. The molecular weight excluding hydrogens is 427 g/mol. The first-order valence-electron chi connectivity index (χ1n) is 9.04. The molecule has 0 aliphatic heterocycles. The number of carbonyl (C=O) groups excluding carboxylic acids is 1. The number of halogens is 1. The number of thiophene rings is 1. The molecule has 1 N–H and O–H groups in total. The van der Waals surface area contributed by atoms with Crippen LogP contribution in [0.5, 0.6) is 5.75 Å². The van der Waals surface area contributed by atoms with Crippen molar-refractivity contribution in [3.8, 4) is 5.75 Å². The van der Waals surface area contributed by atoms with Crippen LogP contribution in [0.1, 0.15) is 12.5 Å². The molecule has 2 aromatic carbocycles. The lowest BCUT2D eigenvalue weighted by atomic mass is 10.2. The predicted octanol–water partition coefficient (Wildman–Crippen LogP) is 4.43. The summed E-state index contributed by atoms with van der Waals surface area (Å²) in [6.45, 7) is 3.21. The van der Waals surface area contributed by atoms with Gasteiger partial charge in [-0.1, -0.05) is 12.1 Å². The summed E-state index contributed by atoms with van der Waals surface area (Å²) in [5.41, 5.74) is 1.29. The Morgan fingerprint density at radius 1 is 1.17 bits per heavy atom. The van der Waals surface area contributed by atoms with Crippen molar-refractivity contribution >= 4 is 38.6 Å². The van der Waals surface area contributed by atoms with Crippen LogP contribution >= 0.6 is 11.3 Å². The number of ether oxygens (including phenoxy) is 1. The molecule has 30 heavy (non-hydrogen) atoms. The second kappa shape index (κ2) is 8.85. The summed E-state index contributed by atoms with van der Waals surface area (Å²) in [4.78, 5) is 12.3. The van der Waals surface area contributed by atoms with Gasteiger partial charge in [-0.05, 0) is 67.3 Å². The van der Waals surface area contributed by atoms with Gasteiger partial charge in [0.05, 0.1) is 5.69 Å². The lowest BCUT2D eigenvalue weighted by Gasteiger charge is -2.19. The number of nitrogens with zero attached hydrogens (tertiary/aromatic N) is 1. The molecule has 1 amide bonds. The number of hydrogen-bond acceptors (Lipinski definition) is 5. The van der Waals surface area contributed by atoms with Crippen molar-refractivity contribution in [1.29, 1.82) is 0 Å². The minimum absolute atomic E-state index is 0.253. The van der Waals surface area contributed by atoms with E-state index in [0.29, 0.717) is 22.7 Å². The van der Waals surface area contributed by atoms with Crippen molar-refractivity contribution < 1.29 is 22.3 Å². The first-order valence-corrected chi connectivity index (χ1v) is 11.4. The van der Waals surface area contributed by atoms with E-state index >= 15 is 0 Å². The van der Waals surface area contributed by atoms with E-state index in [1.165, 1.54) is 17.4 Å². The Hall–Kier alpha value is -2.91. The first kappa shape index (κ1) is 21.8. The number of rotatable bonds is 7. The van der Waals surface area contributed by atoms with Crippen LogP contribution in [0.3, 0.4) is 0 Å². The Bertz CT molecular complexity index is 1130. The molecule has 0 saturated heterocycles. The van der Waals surface area contributed by atoms with E-state index in [-0.39, 0.29) is 4.21 Å². The van der Waals surface area contributed by atoms with Gasteiger partial charge in [0.25, 0.3) is 15.9 Å². The van der Waals surface area contributed by atoms with Crippen LogP contribution in [0.4, 0.5) is 15.8 Å². The van der Waals surface area contributed by atoms with Crippen LogP contribution in [0.15, 0.2) is 64.2 Å². The van der Waals surface area contributed by atoms with Crippen molar-refractivity contribution in [3.05, 3.63) is 71.4 Å². The summed E-state index contributed by atoms with van der Waals surface area (Å²) in [5, 5.41) is 4.31. The van der Waals surface area contributed by atoms with E-state index in [1.807, 2.05) is 0 Å². The van der Waals surface area contributed by atoms with Crippen LogP contribution < -0.4 is 14.4 Å². The summed E-state index contributed by atoms with van der Waals surface area (Å²) in [6, 6.07) is 14.0. The molecule has 0 spiro atoms. The van der Waals surface area contributed by atoms with Gasteiger partial charge in [-0.2, -0.15) is 0 Å². The number of amides is 1. The summed E-state index contributed by atoms with van der Waals surface area (Å²) in [5.74, 6) is -0.434. The Labute approximate surface area is 179 Å². The zero-order chi connectivity index (χ0) is 21.9. The highest BCUT2D eigenvalue weighted by Crippen LogP contribution is 2.27. The highest BCUT2D eigenvalue weighted by molar-refractivity contribution is 7.94. The fourth-order valence-electron chi connectivity index (χ4n) is 2.59. The molecule has 0 radical (unpaired) electrons. The zero-order valence-corrected chi connectivity index (χ0v) is 18.3. The third-order valence-electron chi connectivity index (χ3n) is 4.43. The molecule has 1 unspecified atom stereocenters. The third-order valence-corrected chi connectivity index (χ3v) is 7.59. The lowest BCUT2D eigenvalue weighted by molar-refractivity contribution is -0.122. The van der Waals surface area contributed by atoms with Crippen LogP contribution in [-0.4, -0.2) is 27.5 Å². The number of sulfonamides is 1. The largest absolute Gasteiger partial charge is 0.481 e. The second-order valence-corrected chi connectivity index (χ2v) is 9.76. The maximum Gasteiger partial charge on any atom is 0.273 e. The molecule has 0 aliphatic carbocycles.